The topological polar surface area (TPSA) is 67.5 Å². The minimum absolute atomic E-state index is 0.354. The summed E-state index contributed by atoms with van der Waals surface area (Å²) >= 11 is 0. The molecule has 4 heteroatoms. The van der Waals surface area contributed by atoms with Crippen molar-refractivity contribution >= 4 is 11.7 Å². The van der Waals surface area contributed by atoms with Gasteiger partial charge in [0.2, 0.25) is 0 Å². The van der Waals surface area contributed by atoms with Gasteiger partial charge in [-0.05, 0) is 24.7 Å². The number of nitrogens with one attached hydrogen (secondary N) is 1. The summed E-state index contributed by atoms with van der Waals surface area (Å²) in [4.78, 5) is 10.4. The van der Waals surface area contributed by atoms with Crippen LogP contribution in [0.4, 0.5) is 4.79 Å². The van der Waals surface area contributed by atoms with Crippen LogP contribution in [0.5, 0.6) is 0 Å². The van der Waals surface area contributed by atoms with Crippen molar-refractivity contribution in [3.05, 3.63) is 0 Å². The molecule has 0 unspecified atom stereocenters. The third kappa shape index (κ3) is 2.05. The fraction of sp³-hybridized carbons (Fsp3) is 0.800. The number of hydrazone groups is 1. The average molecular weight is 197 g/mol. The summed E-state index contributed by atoms with van der Waals surface area (Å²) in [6, 6.07) is -0.601. The van der Waals surface area contributed by atoms with Gasteiger partial charge in [-0.3, -0.25) is 0 Å². The van der Waals surface area contributed by atoms with E-state index in [1.54, 1.807) is 0 Å². The molecule has 1 rings (SSSR count). The highest BCUT2D eigenvalue weighted by atomic mass is 16.2. The quantitative estimate of drug-likeness (QED) is 0.525. The molecule has 0 aromatic rings. The summed E-state index contributed by atoms with van der Waals surface area (Å²) in [5.41, 5.74) is 8.53. The number of urea groups is 1. The molecule has 1 aliphatic rings. The van der Waals surface area contributed by atoms with Crippen LogP contribution in [0.15, 0.2) is 5.10 Å². The van der Waals surface area contributed by atoms with Crippen LogP contribution in [0, 0.1) is 17.3 Å². The van der Waals surface area contributed by atoms with Gasteiger partial charge in [0.05, 0.1) is 0 Å². The first-order valence-electron chi connectivity index (χ1n) is 4.97. The van der Waals surface area contributed by atoms with E-state index in [9.17, 15) is 4.79 Å². The third-order valence-corrected chi connectivity index (χ3v) is 3.45. The SMILES string of the molecule is C/C(=N\NC(N)=O)[C@@H]1C[C@@]1(C)C(C)C. The Kier molecular flexibility index (Phi) is 2.83. The minimum atomic E-state index is -0.601. The first kappa shape index (κ1) is 11.0. The summed E-state index contributed by atoms with van der Waals surface area (Å²) in [6.45, 7) is 8.63. The van der Waals surface area contributed by atoms with E-state index in [-0.39, 0.29) is 0 Å². The minimum Gasteiger partial charge on any atom is -0.350 e. The molecule has 80 valence electrons. The molecule has 2 amide bonds. The maximum absolute atomic E-state index is 10.4. The monoisotopic (exact) mass is 197 g/mol. The molecule has 1 aliphatic carbocycles. The Bertz CT molecular complexity index is 273. The number of carbonyl (C=O) groups is 1. The van der Waals surface area contributed by atoms with E-state index in [0.717, 1.165) is 12.1 Å². The third-order valence-electron chi connectivity index (χ3n) is 3.45. The molecule has 3 N–H and O–H groups in total. The lowest BCUT2D eigenvalue weighted by Gasteiger charge is -2.15. The van der Waals surface area contributed by atoms with Crippen LogP contribution in [0.3, 0.4) is 0 Å². The van der Waals surface area contributed by atoms with Crippen molar-refractivity contribution in [3.8, 4) is 0 Å². The molecule has 1 fully saturated rings. The molecule has 0 saturated heterocycles. The van der Waals surface area contributed by atoms with Crippen molar-refractivity contribution in [1.82, 2.24) is 5.43 Å². The Labute approximate surface area is 84.9 Å². The van der Waals surface area contributed by atoms with E-state index in [0.29, 0.717) is 17.3 Å². The lowest BCUT2D eigenvalue weighted by molar-refractivity contribution is 0.249. The van der Waals surface area contributed by atoms with Gasteiger partial charge in [0.15, 0.2) is 0 Å². The highest BCUT2D eigenvalue weighted by molar-refractivity contribution is 5.88. The zero-order valence-electron chi connectivity index (χ0n) is 9.29. The molecule has 4 nitrogen and oxygen atoms in total. The number of nitrogens with two attached hydrogens (primary N) is 1. The first-order chi connectivity index (χ1) is 6.38. The first-order valence-corrected chi connectivity index (χ1v) is 4.97. The molecule has 2 atom stereocenters. The number of primary amides is 1. The Hall–Kier alpha value is -1.06. The Morgan fingerprint density at radius 3 is 2.57 bits per heavy atom. The lowest BCUT2D eigenvalue weighted by atomic mass is 9.91. The smallest absolute Gasteiger partial charge is 0.332 e. The van der Waals surface area contributed by atoms with Gasteiger partial charge in [0.25, 0.3) is 0 Å². The normalized spacial score (nSPS) is 31.8. The van der Waals surface area contributed by atoms with Crippen LogP contribution in [0.1, 0.15) is 34.1 Å². The van der Waals surface area contributed by atoms with Gasteiger partial charge in [0, 0.05) is 11.6 Å². The van der Waals surface area contributed by atoms with Crippen molar-refractivity contribution in [2.45, 2.75) is 34.1 Å². The highest BCUT2D eigenvalue weighted by Gasteiger charge is 2.53. The van der Waals surface area contributed by atoms with Crippen LogP contribution in [-0.2, 0) is 0 Å². The molecule has 0 heterocycles. The molecular weight excluding hydrogens is 178 g/mol. The second kappa shape index (κ2) is 3.59. The number of hydrogen-bond acceptors (Lipinski definition) is 2. The Morgan fingerprint density at radius 1 is 1.64 bits per heavy atom. The van der Waals surface area contributed by atoms with Crippen molar-refractivity contribution in [2.24, 2.45) is 28.1 Å². The number of hydrogen-bond donors (Lipinski definition) is 2. The van der Waals surface area contributed by atoms with Gasteiger partial charge < -0.3 is 5.73 Å². The van der Waals surface area contributed by atoms with Crippen LogP contribution in [-0.4, -0.2) is 11.7 Å². The Morgan fingerprint density at radius 2 is 2.21 bits per heavy atom. The van der Waals surface area contributed by atoms with Crippen molar-refractivity contribution in [2.75, 3.05) is 0 Å². The van der Waals surface area contributed by atoms with Gasteiger partial charge in [-0.25, -0.2) is 10.2 Å². The van der Waals surface area contributed by atoms with Crippen molar-refractivity contribution < 1.29 is 4.79 Å². The second-order valence-corrected chi connectivity index (χ2v) is 4.65. The number of amides is 2. The molecule has 0 radical (unpaired) electrons. The fourth-order valence-electron chi connectivity index (χ4n) is 1.87. The van der Waals surface area contributed by atoms with E-state index < -0.39 is 6.03 Å². The zero-order valence-corrected chi connectivity index (χ0v) is 9.29. The molecule has 0 aromatic carbocycles. The van der Waals surface area contributed by atoms with Crippen LogP contribution in [0.2, 0.25) is 0 Å². The molecule has 1 saturated carbocycles. The van der Waals surface area contributed by atoms with Crippen molar-refractivity contribution in [1.29, 1.82) is 0 Å². The molecular formula is C10H19N3O. The average Bonchev–Trinajstić information content (AvgIpc) is 2.75. The number of rotatable bonds is 3. The number of carbonyl (C=O) groups excluding carboxylic acids is 1. The zero-order chi connectivity index (χ0) is 10.9. The van der Waals surface area contributed by atoms with Gasteiger partial charge in [-0.2, -0.15) is 5.10 Å². The van der Waals surface area contributed by atoms with Gasteiger partial charge in [-0.15, -0.1) is 0 Å². The standard InChI is InChI=1S/C10H19N3O/c1-6(2)10(4)5-8(10)7(3)12-13-9(11)14/h6,8H,5H2,1-4H3,(H3,11,13,14)/b12-7+/t8-,10-/m0/s1. The summed E-state index contributed by atoms with van der Waals surface area (Å²) in [7, 11) is 0. The molecule has 0 spiro atoms. The lowest BCUT2D eigenvalue weighted by Crippen LogP contribution is -2.26. The largest absolute Gasteiger partial charge is 0.350 e. The Balaban J connectivity index is 2.54. The second-order valence-electron chi connectivity index (χ2n) is 4.65. The van der Waals surface area contributed by atoms with Gasteiger partial charge in [-0.1, -0.05) is 20.8 Å². The van der Waals surface area contributed by atoms with E-state index in [1.807, 2.05) is 6.92 Å². The van der Waals surface area contributed by atoms with Crippen molar-refractivity contribution in [3.63, 3.8) is 0 Å². The van der Waals surface area contributed by atoms with Gasteiger partial charge >= 0.3 is 6.03 Å². The summed E-state index contributed by atoms with van der Waals surface area (Å²) in [6.07, 6.45) is 1.15. The maximum Gasteiger partial charge on any atom is 0.332 e. The maximum atomic E-state index is 10.4. The van der Waals surface area contributed by atoms with Crippen LogP contribution < -0.4 is 11.2 Å². The highest BCUT2D eigenvalue weighted by Crippen LogP contribution is 2.57. The van der Waals surface area contributed by atoms with E-state index in [2.05, 4.69) is 31.3 Å². The van der Waals surface area contributed by atoms with Crippen LogP contribution >= 0.6 is 0 Å². The summed E-state index contributed by atoms with van der Waals surface area (Å²) in [5.74, 6) is 1.14. The summed E-state index contributed by atoms with van der Waals surface area (Å²) < 4.78 is 0. The van der Waals surface area contributed by atoms with Crippen LogP contribution in [0.25, 0.3) is 0 Å². The van der Waals surface area contributed by atoms with E-state index in [1.165, 1.54) is 0 Å². The van der Waals surface area contributed by atoms with Gasteiger partial charge in [0.1, 0.15) is 0 Å². The van der Waals surface area contributed by atoms with E-state index >= 15 is 0 Å². The number of nitrogens with zero attached hydrogens (tertiary/aromatic N) is 1. The molecule has 0 bridgehead atoms. The molecule has 0 aromatic heterocycles. The molecule has 0 aliphatic heterocycles. The van der Waals surface area contributed by atoms with E-state index in [4.69, 9.17) is 5.73 Å². The fourth-order valence-corrected chi connectivity index (χ4v) is 1.87. The predicted octanol–water partition coefficient (Wildman–Crippen LogP) is 1.71. The molecule has 14 heavy (non-hydrogen) atoms. The summed E-state index contributed by atoms with van der Waals surface area (Å²) in [5, 5.41) is 3.96. The predicted molar refractivity (Wildman–Crippen MR) is 56.9 cm³/mol.